The van der Waals surface area contributed by atoms with Crippen molar-refractivity contribution in [2.45, 2.75) is 58.9 Å². The molecule has 2 fully saturated rings. The molecule has 1 spiro atoms. The summed E-state index contributed by atoms with van der Waals surface area (Å²) in [6, 6.07) is -0.351. The minimum absolute atomic E-state index is 0.0750. The van der Waals surface area contributed by atoms with Crippen LogP contribution >= 0.6 is 0 Å². The molecule has 0 aromatic rings. The predicted octanol–water partition coefficient (Wildman–Crippen LogP) is 1.97. The molecule has 0 unspecified atom stereocenters. The van der Waals surface area contributed by atoms with Crippen LogP contribution in [0.25, 0.3) is 0 Å². The number of ether oxygens (including phenoxy) is 1. The van der Waals surface area contributed by atoms with Gasteiger partial charge in [0.2, 0.25) is 0 Å². The van der Waals surface area contributed by atoms with Gasteiger partial charge in [0.15, 0.2) is 0 Å². The van der Waals surface area contributed by atoms with Crippen molar-refractivity contribution < 1.29 is 19.1 Å². The van der Waals surface area contributed by atoms with Crippen molar-refractivity contribution in [3.8, 4) is 0 Å². The highest BCUT2D eigenvalue weighted by Crippen LogP contribution is 2.38. The molecule has 2 rings (SSSR count). The molecule has 25 heavy (non-hydrogen) atoms. The number of hydrogen-bond acceptors (Lipinski definition) is 5. The van der Waals surface area contributed by atoms with Crippen LogP contribution in [0.15, 0.2) is 0 Å². The maximum absolute atomic E-state index is 13.0. The molecular formula is C18H31N3O4. The Morgan fingerprint density at radius 3 is 2.72 bits per heavy atom. The van der Waals surface area contributed by atoms with E-state index in [2.05, 4.69) is 5.32 Å². The molecule has 2 aliphatic rings. The Hall–Kier alpha value is -1.63. The van der Waals surface area contributed by atoms with Gasteiger partial charge in [-0.3, -0.25) is 14.5 Å². The van der Waals surface area contributed by atoms with E-state index in [4.69, 9.17) is 4.74 Å². The Kier molecular flexibility index (Phi) is 6.43. The largest absolute Gasteiger partial charge is 0.465 e. The number of rotatable bonds is 7. The fourth-order valence-corrected chi connectivity index (χ4v) is 3.90. The molecule has 0 bridgehead atoms. The monoisotopic (exact) mass is 353 g/mol. The summed E-state index contributed by atoms with van der Waals surface area (Å²) < 4.78 is 5.01. The average molecular weight is 353 g/mol. The summed E-state index contributed by atoms with van der Waals surface area (Å²) in [4.78, 5) is 40.5. The molecule has 142 valence electrons. The summed E-state index contributed by atoms with van der Waals surface area (Å²) in [7, 11) is 0. The van der Waals surface area contributed by atoms with E-state index in [0.29, 0.717) is 25.5 Å². The number of urea groups is 1. The topological polar surface area (TPSA) is 79.0 Å². The zero-order valence-electron chi connectivity index (χ0n) is 15.8. The lowest BCUT2D eigenvalue weighted by Crippen LogP contribution is -2.54. The second-order valence-corrected chi connectivity index (χ2v) is 7.63. The zero-order valence-corrected chi connectivity index (χ0v) is 15.8. The van der Waals surface area contributed by atoms with Crippen molar-refractivity contribution in [3.05, 3.63) is 0 Å². The van der Waals surface area contributed by atoms with Gasteiger partial charge in [0.05, 0.1) is 19.8 Å². The van der Waals surface area contributed by atoms with E-state index in [-0.39, 0.29) is 37.0 Å². The first-order valence-electron chi connectivity index (χ1n) is 9.32. The quantitative estimate of drug-likeness (QED) is 0.559. The van der Waals surface area contributed by atoms with E-state index in [9.17, 15) is 14.4 Å². The fourth-order valence-electron chi connectivity index (χ4n) is 3.90. The van der Waals surface area contributed by atoms with E-state index in [1.807, 2.05) is 25.7 Å². The smallest absolute Gasteiger partial charge is 0.326 e. The van der Waals surface area contributed by atoms with Gasteiger partial charge in [-0.1, -0.05) is 33.6 Å². The number of carbonyl (C=O) groups is 3. The lowest BCUT2D eigenvalue weighted by atomic mass is 9.73. The van der Waals surface area contributed by atoms with Crippen LogP contribution in [0.3, 0.4) is 0 Å². The number of imide groups is 1. The summed E-state index contributed by atoms with van der Waals surface area (Å²) in [6.45, 7) is 8.99. The SMILES string of the molecule is CCOC(=O)CN(CC(C)C)CN1C(=O)N[C@@]2(CCCC[C@H]2C)C1=O. The normalized spacial score (nSPS) is 26.6. The molecule has 1 aliphatic carbocycles. The first-order valence-corrected chi connectivity index (χ1v) is 9.32. The third-order valence-electron chi connectivity index (χ3n) is 5.12. The van der Waals surface area contributed by atoms with Crippen LogP contribution in [0.2, 0.25) is 0 Å². The van der Waals surface area contributed by atoms with Crippen LogP contribution in [0.5, 0.6) is 0 Å². The third kappa shape index (κ3) is 4.32. The van der Waals surface area contributed by atoms with Gasteiger partial charge in [-0.2, -0.15) is 0 Å². The summed E-state index contributed by atoms with van der Waals surface area (Å²) in [5.74, 6) is -0.0534. The van der Waals surface area contributed by atoms with Crippen molar-refractivity contribution in [2.24, 2.45) is 11.8 Å². The number of carbonyl (C=O) groups excluding carboxylic acids is 3. The Balaban J connectivity index is 2.10. The van der Waals surface area contributed by atoms with Crippen LogP contribution in [0, 0.1) is 11.8 Å². The molecular weight excluding hydrogens is 322 g/mol. The maximum atomic E-state index is 13.0. The number of hydrogen-bond donors (Lipinski definition) is 1. The molecule has 1 N–H and O–H groups in total. The van der Waals surface area contributed by atoms with Crippen molar-refractivity contribution in [3.63, 3.8) is 0 Å². The van der Waals surface area contributed by atoms with Gasteiger partial charge >= 0.3 is 12.0 Å². The summed E-state index contributed by atoms with van der Waals surface area (Å²) >= 11 is 0. The molecule has 1 saturated carbocycles. The minimum Gasteiger partial charge on any atom is -0.465 e. The summed E-state index contributed by atoms with van der Waals surface area (Å²) in [5.41, 5.74) is -0.761. The van der Waals surface area contributed by atoms with Gasteiger partial charge in [0.25, 0.3) is 5.91 Å². The third-order valence-corrected chi connectivity index (χ3v) is 5.12. The predicted molar refractivity (Wildman–Crippen MR) is 93.7 cm³/mol. The Morgan fingerprint density at radius 1 is 1.40 bits per heavy atom. The van der Waals surface area contributed by atoms with E-state index < -0.39 is 5.54 Å². The second-order valence-electron chi connectivity index (χ2n) is 7.63. The van der Waals surface area contributed by atoms with Crippen LogP contribution in [0.4, 0.5) is 4.79 Å². The number of amides is 3. The summed E-state index contributed by atoms with van der Waals surface area (Å²) in [5, 5.41) is 2.95. The van der Waals surface area contributed by atoms with E-state index in [1.165, 1.54) is 4.90 Å². The van der Waals surface area contributed by atoms with Crippen LogP contribution < -0.4 is 5.32 Å². The van der Waals surface area contributed by atoms with Crippen LogP contribution in [0.1, 0.15) is 53.4 Å². The molecule has 0 radical (unpaired) electrons. The Morgan fingerprint density at radius 2 is 2.12 bits per heavy atom. The molecule has 3 amide bonds. The van der Waals surface area contributed by atoms with Gasteiger partial charge < -0.3 is 10.1 Å². The zero-order chi connectivity index (χ0) is 18.6. The maximum Gasteiger partial charge on any atom is 0.326 e. The highest BCUT2D eigenvalue weighted by molar-refractivity contribution is 6.07. The number of nitrogens with zero attached hydrogens (tertiary/aromatic N) is 2. The minimum atomic E-state index is -0.761. The molecule has 1 aliphatic heterocycles. The first kappa shape index (κ1) is 19.7. The molecule has 0 aromatic heterocycles. The van der Waals surface area contributed by atoms with Crippen molar-refractivity contribution in [1.29, 1.82) is 0 Å². The van der Waals surface area contributed by atoms with Gasteiger partial charge in [0, 0.05) is 6.54 Å². The van der Waals surface area contributed by atoms with E-state index in [1.54, 1.807) is 6.92 Å². The van der Waals surface area contributed by atoms with E-state index >= 15 is 0 Å². The van der Waals surface area contributed by atoms with Gasteiger partial charge in [-0.25, -0.2) is 9.69 Å². The fraction of sp³-hybridized carbons (Fsp3) is 0.833. The number of esters is 1. The van der Waals surface area contributed by atoms with Crippen molar-refractivity contribution in [1.82, 2.24) is 15.1 Å². The van der Waals surface area contributed by atoms with Crippen molar-refractivity contribution in [2.75, 3.05) is 26.4 Å². The Bertz CT molecular complexity index is 522. The summed E-state index contributed by atoms with van der Waals surface area (Å²) in [6.07, 6.45) is 3.67. The van der Waals surface area contributed by atoms with Crippen LogP contribution in [-0.4, -0.2) is 59.6 Å². The van der Waals surface area contributed by atoms with Gasteiger partial charge in [-0.15, -0.1) is 0 Å². The molecule has 1 heterocycles. The molecule has 7 heteroatoms. The molecule has 1 saturated heterocycles. The number of nitrogens with one attached hydrogen (secondary N) is 1. The standard InChI is InChI=1S/C18H31N3O4/c1-5-25-15(22)11-20(10-13(2)3)12-21-16(23)18(19-17(21)24)9-7-6-8-14(18)4/h13-14H,5-12H2,1-4H3,(H,19,24)/t14-,18-/m1/s1. The highest BCUT2D eigenvalue weighted by atomic mass is 16.5. The van der Waals surface area contributed by atoms with Gasteiger partial charge in [-0.05, 0) is 31.6 Å². The average Bonchev–Trinajstić information content (AvgIpc) is 2.75. The van der Waals surface area contributed by atoms with E-state index in [0.717, 1.165) is 19.3 Å². The van der Waals surface area contributed by atoms with Crippen LogP contribution in [-0.2, 0) is 14.3 Å². The first-order chi connectivity index (χ1) is 11.8. The molecule has 2 atom stereocenters. The Labute approximate surface area is 150 Å². The highest BCUT2D eigenvalue weighted by Gasteiger charge is 2.55. The van der Waals surface area contributed by atoms with Crippen molar-refractivity contribution >= 4 is 17.9 Å². The molecule has 7 nitrogen and oxygen atoms in total. The lowest BCUT2D eigenvalue weighted by molar-refractivity contribution is -0.146. The molecule has 0 aromatic carbocycles. The lowest BCUT2D eigenvalue weighted by Gasteiger charge is -2.37. The second kappa shape index (κ2) is 8.17. The van der Waals surface area contributed by atoms with Gasteiger partial charge in [0.1, 0.15) is 5.54 Å².